The van der Waals surface area contributed by atoms with Crippen LogP contribution in [-0.4, -0.2) is 19.6 Å². The highest BCUT2D eigenvalue weighted by atomic mass is 16.5. The first-order chi connectivity index (χ1) is 12.2. The van der Waals surface area contributed by atoms with Crippen molar-refractivity contribution in [2.45, 2.75) is 51.9 Å². The van der Waals surface area contributed by atoms with E-state index in [9.17, 15) is 4.79 Å². The quantitative estimate of drug-likeness (QED) is 0.832. The number of hydrogen-bond donors (Lipinski definition) is 1. The molecule has 0 bridgehead atoms. The maximum absolute atomic E-state index is 11.2. The van der Waals surface area contributed by atoms with Crippen molar-refractivity contribution in [1.82, 2.24) is 5.32 Å². The zero-order valence-electron chi connectivity index (χ0n) is 15.4. The SMILES string of the molecule is COc1ccc2cc(CC3CCCCC3)cc(CCNC(C)=O)c2c1. The first-order valence-corrected chi connectivity index (χ1v) is 9.49. The number of benzene rings is 2. The third kappa shape index (κ3) is 4.75. The Morgan fingerprint density at radius 2 is 1.96 bits per heavy atom. The minimum Gasteiger partial charge on any atom is -0.497 e. The number of hydrogen-bond acceptors (Lipinski definition) is 2. The lowest BCUT2D eigenvalue weighted by Gasteiger charge is -2.22. The van der Waals surface area contributed by atoms with Gasteiger partial charge in [-0.2, -0.15) is 0 Å². The van der Waals surface area contributed by atoms with Crippen molar-refractivity contribution in [3.8, 4) is 5.75 Å². The molecular weight excluding hydrogens is 310 g/mol. The van der Waals surface area contributed by atoms with Crippen molar-refractivity contribution < 1.29 is 9.53 Å². The summed E-state index contributed by atoms with van der Waals surface area (Å²) in [5.41, 5.74) is 2.73. The number of amides is 1. The zero-order chi connectivity index (χ0) is 17.6. The summed E-state index contributed by atoms with van der Waals surface area (Å²) in [6.45, 7) is 2.25. The van der Waals surface area contributed by atoms with Crippen LogP contribution in [0.4, 0.5) is 0 Å². The summed E-state index contributed by atoms with van der Waals surface area (Å²) >= 11 is 0. The molecule has 2 aromatic rings. The minimum atomic E-state index is 0.0280. The lowest BCUT2D eigenvalue weighted by molar-refractivity contribution is -0.118. The van der Waals surface area contributed by atoms with Gasteiger partial charge in [-0.25, -0.2) is 0 Å². The summed E-state index contributed by atoms with van der Waals surface area (Å²) in [7, 11) is 1.70. The third-order valence-electron chi connectivity index (χ3n) is 5.32. The average molecular weight is 339 g/mol. The highest BCUT2D eigenvalue weighted by molar-refractivity contribution is 5.88. The standard InChI is InChI=1S/C22H29NO2/c1-16(24)23-11-10-20-14-18(12-17-6-4-3-5-7-17)13-19-8-9-21(25-2)15-22(19)20/h8-9,13-15,17H,3-7,10-12H2,1-2H3,(H,23,24). The van der Waals surface area contributed by atoms with Crippen LogP contribution in [0.3, 0.4) is 0 Å². The molecule has 0 saturated heterocycles. The van der Waals surface area contributed by atoms with E-state index in [0.717, 1.165) is 18.1 Å². The molecule has 1 aliphatic carbocycles. The molecule has 1 saturated carbocycles. The van der Waals surface area contributed by atoms with Crippen LogP contribution in [0, 0.1) is 5.92 Å². The number of methoxy groups -OCH3 is 1. The number of carbonyl (C=O) groups is 1. The molecule has 0 heterocycles. The van der Waals surface area contributed by atoms with Gasteiger partial charge in [0.2, 0.25) is 5.91 Å². The van der Waals surface area contributed by atoms with Gasteiger partial charge in [0.1, 0.15) is 5.75 Å². The van der Waals surface area contributed by atoms with Gasteiger partial charge in [-0.15, -0.1) is 0 Å². The summed E-state index contributed by atoms with van der Waals surface area (Å²) < 4.78 is 5.40. The van der Waals surface area contributed by atoms with Gasteiger partial charge in [0.15, 0.2) is 0 Å². The number of fused-ring (bicyclic) bond motifs is 1. The fourth-order valence-corrected chi connectivity index (χ4v) is 4.03. The van der Waals surface area contributed by atoms with Crippen molar-refractivity contribution in [3.05, 3.63) is 41.5 Å². The Kier molecular flexibility index (Phi) is 5.95. The predicted octanol–water partition coefficient (Wildman–Crippen LogP) is 4.65. The van der Waals surface area contributed by atoms with Crippen molar-refractivity contribution in [2.24, 2.45) is 5.92 Å². The van der Waals surface area contributed by atoms with Gasteiger partial charge in [-0.1, -0.05) is 50.3 Å². The minimum absolute atomic E-state index is 0.0280. The van der Waals surface area contributed by atoms with E-state index in [1.807, 2.05) is 6.07 Å². The van der Waals surface area contributed by atoms with E-state index in [0.29, 0.717) is 6.54 Å². The largest absolute Gasteiger partial charge is 0.497 e. The molecule has 134 valence electrons. The van der Waals surface area contributed by atoms with E-state index in [-0.39, 0.29) is 5.91 Å². The maximum atomic E-state index is 11.2. The van der Waals surface area contributed by atoms with Gasteiger partial charge in [0.05, 0.1) is 7.11 Å². The van der Waals surface area contributed by atoms with Gasteiger partial charge in [0.25, 0.3) is 0 Å². The van der Waals surface area contributed by atoms with Crippen LogP contribution in [0.25, 0.3) is 10.8 Å². The number of ether oxygens (including phenoxy) is 1. The number of rotatable bonds is 6. The molecular formula is C22H29NO2. The number of nitrogens with one attached hydrogen (secondary N) is 1. The molecule has 25 heavy (non-hydrogen) atoms. The topological polar surface area (TPSA) is 38.3 Å². The van der Waals surface area contributed by atoms with Crippen molar-refractivity contribution in [3.63, 3.8) is 0 Å². The molecule has 3 heteroatoms. The first-order valence-electron chi connectivity index (χ1n) is 9.49. The molecule has 1 aliphatic rings. The highest BCUT2D eigenvalue weighted by Crippen LogP contribution is 2.30. The van der Waals surface area contributed by atoms with Gasteiger partial charge >= 0.3 is 0 Å². The van der Waals surface area contributed by atoms with Crippen LogP contribution in [0.2, 0.25) is 0 Å². The van der Waals surface area contributed by atoms with E-state index in [4.69, 9.17) is 4.74 Å². The van der Waals surface area contributed by atoms with Crippen molar-refractivity contribution in [1.29, 1.82) is 0 Å². The van der Waals surface area contributed by atoms with Crippen LogP contribution < -0.4 is 10.1 Å². The molecule has 0 spiro atoms. The van der Waals surface area contributed by atoms with Crippen LogP contribution in [0.5, 0.6) is 5.75 Å². The molecule has 0 aromatic heterocycles. The molecule has 0 unspecified atom stereocenters. The monoisotopic (exact) mass is 339 g/mol. The summed E-state index contributed by atoms with van der Waals surface area (Å²) in [6.07, 6.45) is 8.91. The summed E-state index contributed by atoms with van der Waals surface area (Å²) in [6, 6.07) is 11.0. The highest BCUT2D eigenvalue weighted by Gasteiger charge is 2.15. The van der Waals surface area contributed by atoms with Crippen LogP contribution in [0.15, 0.2) is 30.3 Å². The predicted molar refractivity (Wildman–Crippen MR) is 103 cm³/mol. The van der Waals surface area contributed by atoms with Crippen molar-refractivity contribution >= 4 is 16.7 Å². The Bertz CT molecular complexity index is 732. The second-order valence-electron chi connectivity index (χ2n) is 7.28. The van der Waals surface area contributed by atoms with Crippen LogP contribution in [-0.2, 0) is 17.6 Å². The smallest absolute Gasteiger partial charge is 0.216 e. The molecule has 1 fully saturated rings. The van der Waals surface area contributed by atoms with Gasteiger partial charge in [-0.05, 0) is 52.8 Å². The summed E-state index contributed by atoms with van der Waals surface area (Å²) in [4.78, 5) is 11.2. The number of carbonyl (C=O) groups excluding carboxylic acids is 1. The Labute approximate surface area is 150 Å². The molecule has 0 atom stereocenters. The molecule has 1 amide bonds. The Hall–Kier alpha value is -2.03. The average Bonchev–Trinajstić information content (AvgIpc) is 2.62. The van der Waals surface area contributed by atoms with Crippen LogP contribution >= 0.6 is 0 Å². The second-order valence-corrected chi connectivity index (χ2v) is 7.28. The van der Waals surface area contributed by atoms with E-state index in [2.05, 4.69) is 29.6 Å². The second kappa shape index (κ2) is 8.37. The fraction of sp³-hybridized carbons (Fsp3) is 0.500. The van der Waals surface area contributed by atoms with E-state index in [1.165, 1.54) is 60.4 Å². The van der Waals surface area contributed by atoms with E-state index in [1.54, 1.807) is 14.0 Å². The van der Waals surface area contributed by atoms with E-state index >= 15 is 0 Å². The van der Waals surface area contributed by atoms with Crippen LogP contribution in [0.1, 0.15) is 50.2 Å². The Morgan fingerprint density at radius 1 is 1.16 bits per heavy atom. The molecule has 1 N–H and O–H groups in total. The molecule has 0 radical (unpaired) electrons. The summed E-state index contributed by atoms with van der Waals surface area (Å²) in [5, 5.41) is 5.42. The van der Waals surface area contributed by atoms with E-state index < -0.39 is 0 Å². The first kappa shape index (κ1) is 17.8. The van der Waals surface area contributed by atoms with Gasteiger partial charge in [-0.3, -0.25) is 4.79 Å². The molecule has 0 aliphatic heterocycles. The van der Waals surface area contributed by atoms with Gasteiger partial charge < -0.3 is 10.1 Å². The molecule has 3 rings (SSSR count). The Balaban J connectivity index is 1.88. The lowest BCUT2D eigenvalue weighted by Crippen LogP contribution is -2.22. The Morgan fingerprint density at radius 3 is 2.68 bits per heavy atom. The lowest BCUT2D eigenvalue weighted by atomic mass is 9.84. The molecule has 3 nitrogen and oxygen atoms in total. The maximum Gasteiger partial charge on any atom is 0.216 e. The third-order valence-corrected chi connectivity index (χ3v) is 5.32. The van der Waals surface area contributed by atoms with Crippen molar-refractivity contribution in [2.75, 3.05) is 13.7 Å². The normalized spacial score (nSPS) is 15.3. The summed E-state index contributed by atoms with van der Waals surface area (Å²) in [5.74, 6) is 1.74. The van der Waals surface area contributed by atoms with Gasteiger partial charge in [0, 0.05) is 13.5 Å². The molecule has 2 aromatic carbocycles. The fourth-order valence-electron chi connectivity index (χ4n) is 4.03. The zero-order valence-corrected chi connectivity index (χ0v) is 15.4.